The number of carbonyl (C=O) groups excluding carboxylic acids is 3. The molecule has 2 unspecified atom stereocenters. The second kappa shape index (κ2) is 9.94. The third-order valence-electron chi connectivity index (χ3n) is 7.88. The van der Waals surface area contributed by atoms with Gasteiger partial charge >= 0.3 is 6.09 Å². The fourth-order valence-electron chi connectivity index (χ4n) is 6.76. The van der Waals surface area contributed by atoms with E-state index in [0.29, 0.717) is 36.9 Å². The van der Waals surface area contributed by atoms with Crippen LogP contribution >= 0.6 is 0 Å². The standard InChI is InChI=1S/C26H41N5O5/c1-15(2)14-35-23-20(13-28-31(23)7-6-25(4,5)30-16(3)32)22(33)29-21-18-8-17-9-19(21)12-26(10-17,11-18)36-24(27)34/h13,15,17-19,21H,6-12,14H2,1-5H3,(H2,27,34)(H,29,33)(H,30,32)/t17?,18?,19?,21-,26-. The summed E-state index contributed by atoms with van der Waals surface area (Å²) in [5, 5.41) is 10.7. The lowest BCUT2D eigenvalue weighted by atomic mass is 9.52. The highest BCUT2D eigenvalue weighted by atomic mass is 16.6. The normalized spacial score (nSPS) is 28.7. The van der Waals surface area contributed by atoms with Crippen LogP contribution in [-0.4, -0.2) is 51.5 Å². The van der Waals surface area contributed by atoms with Gasteiger partial charge in [-0.05, 0) is 76.0 Å². The van der Waals surface area contributed by atoms with Crippen molar-refractivity contribution in [2.45, 2.75) is 96.9 Å². The van der Waals surface area contributed by atoms with Crippen molar-refractivity contribution in [2.75, 3.05) is 6.61 Å². The van der Waals surface area contributed by atoms with Crippen molar-refractivity contribution >= 4 is 17.9 Å². The summed E-state index contributed by atoms with van der Waals surface area (Å²) < 4.78 is 13.4. The zero-order valence-electron chi connectivity index (χ0n) is 22.1. The Morgan fingerprint density at radius 1 is 1.22 bits per heavy atom. The first-order valence-corrected chi connectivity index (χ1v) is 13.1. The molecule has 0 aromatic carbocycles. The van der Waals surface area contributed by atoms with Gasteiger partial charge in [-0.2, -0.15) is 5.10 Å². The number of rotatable bonds is 10. The molecule has 4 N–H and O–H groups in total. The average Bonchev–Trinajstić information content (AvgIpc) is 3.14. The van der Waals surface area contributed by atoms with Gasteiger partial charge in [0.15, 0.2) is 0 Å². The predicted molar refractivity (Wildman–Crippen MR) is 133 cm³/mol. The molecule has 2 atom stereocenters. The highest BCUT2D eigenvalue weighted by molar-refractivity contribution is 5.96. The Morgan fingerprint density at radius 2 is 1.89 bits per heavy atom. The maximum absolute atomic E-state index is 13.5. The van der Waals surface area contributed by atoms with E-state index in [1.165, 1.54) is 6.92 Å². The van der Waals surface area contributed by atoms with Gasteiger partial charge in [-0.25, -0.2) is 9.48 Å². The molecule has 10 heteroatoms. The minimum atomic E-state index is -0.710. The van der Waals surface area contributed by atoms with Crippen LogP contribution in [0.15, 0.2) is 6.20 Å². The molecule has 4 aliphatic carbocycles. The highest BCUT2D eigenvalue weighted by Crippen LogP contribution is 2.57. The lowest BCUT2D eigenvalue weighted by molar-refractivity contribution is -0.137. The first-order valence-electron chi connectivity index (χ1n) is 13.1. The Kier molecular flexibility index (Phi) is 7.26. The zero-order valence-corrected chi connectivity index (χ0v) is 22.1. The van der Waals surface area contributed by atoms with Crippen molar-refractivity contribution in [2.24, 2.45) is 29.4 Å². The number of hydrogen-bond acceptors (Lipinski definition) is 6. The molecule has 4 fully saturated rings. The maximum Gasteiger partial charge on any atom is 0.405 e. The summed E-state index contributed by atoms with van der Waals surface area (Å²) >= 11 is 0. The maximum atomic E-state index is 13.5. The Balaban J connectivity index is 1.48. The first kappa shape index (κ1) is 26.3. The van der Waals surface area contributed by atoms with Gasteiger partial charge in [0.2, 0.25) is 11.8 Å². The quantitative estimate of drug-likeness (QED) is 0.449. The van der Waals surface area contributed by atoms with Gasteiger partial charge in [0.25, 0.3) is 5.91 Å². The molecular weight excluding hydrogens is 462 g/mol. The SMILES string of the molecule is CC(=O)NC(C)(C)CCn1ncc(C(=O)N[C@H]2C3CC4CC2C[C@](OC(N)=O)(C4)C3)c1OCC(C)C. The Morgan fingerprint density at radius 3 is 2.47 bits per heavy atom. The summed E-state index contributed by atoms with van der Waals surface area (Å²) in [4.78, 5) is 36.6. The van der Waals surface area contributed by atoms with Crippen LogP contribution in [0.25, 0.3) is 0 Å². The Hall–Kier alpha value is -2.78. The highest BCUT2D eigenvalue weighted by Gasteiger charge is 2.57. The monoisotopic (exact) mass is 503 g/mol. The molecule has 0 saturated heterocycles. The van der Waals surface area contributed by atoms with Crippen LogP contribution in [0.5, 0.6) is 5.88 Å². The van der Waals surface area contributed by atoms with Crippen LogP contribution in [0.2, 0.25) is 0 Å². The summed E-state index contributed by atoms with van der Waals surface area (Å²) in [6, 6.07) is 0.0265. The molecule has 200 valence electrons. The molecule has 4 aliphatic rings. The molecule has 36 heavy (non-hydrogen) atoms. The second-order valence-electron chi connectivity index (χ2n) is 12.2. The van der Waals surface area contributed by atoms with Crippen molar-refractivity contribution in [1.82, 2.24) is 20.4 Å². The smallest absolute Gasteiger partial charge is 0.405 e. The molecular formula is C26H41N5O5. The van der Waals surface area contributed by atoms with E-state index in [0.717, 1.165) is 32.1 Å². The number of aryl methyl sites for hydroxylation is 1. The fraction of sp³-hybridized carbons (Fsp3) is 0.769. The topological polar surface area (TPSA) is 138 Å². The van der Waals surface area contributed by atoms with E-state index >= 15 is 0 Å². The van der Waals surface area contributed by atoms with Gasteiger partial charge in [-0.3, -0.25) is 9.59 Å². The number of carbonyl (C=O) groups is 3. The van der Waals surface area contributed by atoms with Gasteiger partial charge in [0, 0.05) is 25.0 Å². The first-order chi connectivity index (χ1) is 16.9. The van der Waals surface area contributed by atoms with Crippen molar-refractivity contribution < 1.29 is 23.9 Å². The van der Waals surface area contributed by atoms with Crippen LogP contribution in [0.3, 0.4) is 0 Å². The lowest BCUT2D eigenvalue weighted by Crippen LogP contribution is -2.63. The number of nitrogens with zero attached hydrogens (tertiary/aromatic N) is 2. The summed E-state index contributed by atoms with van der Waals surface area (Å²) in [5.74, 6) is 1.48. The van der Waals surface area contributed by atoms with E-state index in [-0.39, 0.29) is 35.6 Å². The van der Waals surface area contributed by atoms with Gasteiger partial charge in [0.1, 0.15) is 11.2 Å². The van der Waals surface area contributed by atoms with E-state index < -0.39 is 17.2 Å². The van der Waals surface area contributed by atoms with Crippen LogP contribution in [0.1, 0.15) is 83.5 Å². The number of amides is 3. The molecule has 4 bridgehead atoms. The van der Waals surface area contributed by atoms with Crippen molar-refractivity contribution in [3.63, 3.8) is 0 Å². The Bertz CT molecular complexity index is 987. The molecule has 10 nitrogen and oxygen atoms in total. The minimum Gasteiger partial charge on any atom is -0.477 e. The third kappa shape index (κ3) is 5.78. The third-order valence-corrected chi connectivity index (χ3v) is 7.88. The lowest BCUT2D eigenvalue weighted by Gasteiger charge is -2.58. The van der Waals surface area contributed by atoms with Crippen molar-refractivity contribution in [1.29, 1.82) is 0 Å². The second-order valence-corrected chi connectivity index (χ2v) is 12.2. The van der Waals surface area contributed by atoms with Crippen LogP contribution in [0, 0.1) is 23.7 Å². The number of hydrogen-bond donors (Lipinski definition) is 3. The van der Waals surface area contributed by atoms with Crippen LogP contribution in [0.4, 0.5) is 4.79 Å². The number of nitrogens with one attached hydrogen (secondary N) is 2. The molecule has 0 spiro atoms. The van der Waals surface area contributed by atoms with Crippen LogP contribution in [-0.2, 0) is 16.1 Å². The molecule has 1 aromatic rings. The number of aromatic nitrogens is 2. The van der Waals surface area contributed by atoms with Crippen molar-refractivity contribution in [3.8, 4) is 5.88 Å². The molecule has 1 aromatic heterocycles. The minimum absolute atomic E-state index is 0.0265. The molecule has 5 rings (SSSR count). The molecule has 0 aliphatic heterocycles. The zero-order chi connectivity index (χ0) is 26.3. The summed E-state index contributed by atoms with van der Waals surface area (Å²) in [5.41, 5.74) is 4.91. The molecule has 3 amide bonds. The summed E-state index contributed by atoms with van der Waals surface area (Å²) in [7, 11) is 0. The summed E-state index contributed by atoms with van der Waals surface area (Å²) in [6.45, 7) is 10.5. The Labute approximate surface area is 213 Å². The van der Waals surface area contributed by atoms with E-state index in [1.54, 1.807) is 10.9 Å². The predicted octanol–water partition coefficient (Wildman–Crippen LogP) is 3.00. The number of primary amides is 1. The van der Waals surface area contributed by atoms with Crippen molar-refractivity contribution in [3.05, 3.63) is 11.8 Å². The summed E-state index contributed by atoms with van der Waals surface area (Å²) in [6.07, 6.45) is 5.90. The van der Waals surface area contributed by atoms with E-state index in [2.05, 4.69) is 29.6 Å². The fourth-order valence-corrected chi connectivity index (χ4v) is 6.76. The average molecular weight is 504 g/mol. The van der Waals surface area contributed by atoms with Gasteiger partial charge in [-0.15, -0.1) is 0 Å². The number of ether oxygens (including phenoxy) is 2. The van der Waals surface area contributed by atoms with Gasteiger partial charge < -0.3 is 25.8 Å². The van der Waals surface area contributed by atoms with Gasteiger partial charge in [-0.1, -0.05) is 13.8 Å². The van der Waals surface area contributed by atoms with Crippen LogP contribution < -0.4 is 21.1 Å². The van der Waals surface area contributed by atoms with Gasteiger partial charge in [0.05, 0.1) is 12.8 Å². The van der Waals surface area contributed by atoms with E-state index in [4.69, 9.17) is 15.2 Å². The number of nitrogens with two attached hydrogens (primary N) is 1. The van der Waals surface area contributed by atoms with E-state index in [1.807, 2.05) is 13.8 Å². The largest absolute Gasteiger partial charge is 0.477 e. The molecule has 4 saturated carbocycles. The molecule has 0 radical (unpaired) electrons. The molecule has 1 heterocycles. The van der Waals surface area contributed by atoms with E-state index in [9.17, 15) is 14.4 Å².